The van der Waals surface area contributed by atoms with E-state index in [1.54, 1.807) is 23.5 Å². The van der Waals surface area contributed by atoms with E-state index >= 15 is 0 Å². The summed E-state index contributed by atoms with van der Waals surface area (Å²) >= 11 is 0. The number of aliphatic hydroxyl groups is 1. The van der Waals surface area contributed by atoms with Crippen LogP contribution in [-0.2, 0) is 16.1 Å². The summed E-state index contributed by atoms with van der Waals surface area (Å²) < 4.78 is 5.53. The number of benzene rings is 1. The van der Waals surface area contributed by atoms with Crippen LogP contribution in [0, 0.1) is 0 Å². The van der Waals surface area contributed by atoms with E-state index in [0.29, 0.717) is 37.6 Å². The number of hydrogen-bond donors (Lipinski definition) is 2. The number of piperidine rings is 1. The van der Waals surface area contributed by atoms with E-state index in [-0.39, 0.29) is 24.1 Å². The van der Waals surface area contributed by atoms with Crippen LogP contribution in [0.15, 0.2) is 65.6 Å². The van der Waals surface area contributed by atoms with Crippen molar-refractivity contribution >= 4 is 17.8 Å². The number of amides is 2. The average Bonchev–Trinajstić information content (AvgIpc) is 3.82. The first-order chi connectivity index (χ1) is 20.1. The Balaban J connectivity index is 1.15. The third kappa shape index (κ3) is 7.35. The number of carbonyl (C=O) groups is 2. The van der Waals surface area contributed by atoms with Crippen LogP contribution in [0.4, 0.5) is 4.79 Å². The zero-order chi connectivity index (χ0) is 29.9. The van der Waals surface area contributed by atoms with Crippen LogP contribution in [-0.4, -0.2) is 87.0 Å². The van der Waals surface area contributed by atoms with Crippen molar-refractivity contribution in [2.75, 3.05) is 26.7 Å². The third-order valence-electron chi connectivity index (χ3n) is 7.80. The number of amidine groups is 1. The summed E-state index contributed by atoms with van der Waals surface area (Å²) in [6.45, 7) is 7.66. The molecule has 42 heavy (non-hydrogen) atoms. The molecule has 2 amide bonds. The highest BCUT2D eigenvalue weighted by molar-refractivity contribution is 6.03. The first kappa shape index (κ1) is 29.7. The van der Waals surface area contributed by atoms with E-state index in [1.807, 2.05) is 74.0 Å². The van der Waals surface area contributed by atoms with Gasteiger partial charge in [-0.1, -0.05) is 30.3 Å². The number of likely N-dealkylation sites (tertiary alicyclic amines) is 1. The lowest BCUT2D eigenvalue weighted by Crippen LogP contribution is -2.51. The summed E-state index contributed by atoms with van der Waals surface area (Å²) in [6.07, 6.45) is 7.78. The molecule has 224 valence electrons. The van der Waals surface area contributed by atoms with Gasteiger partial charge in [-0.25, -0.2) is 4.79 Å². The van der Waals surface area contributed by atoms with Crippen LogP contribution in [0.1, 0.15) is 69.4 Å². The standard InChI is InChI=1S/C32H42N6O4/c1-32(2,3)42-31(41)37-16-13-27(14-17-37)38(26-11-12-26)30(40)25-19-34-28(35-20-25)23-7-9-24(10-8-23)29(39)36(4)21-22-6-5-15-33-18-22/h5-10,15,18-19,26-27,29,39H,11-14,16-17,20-21H2,1-4H3,(H,34,35). The summed E-state index contributed by atoms with van der Waals surface area (Å²) in [5.41, 5.74) is 2.82. The lowest BCUT2D eigenvalue weighted by molar-refractivity contribution is -0.131. The molecule has 3 heterocycles. The Morgan fingerprint density at radius 1 is 1.10 bits per heavy atom. The first-order valence-corrected chi connectivity index (χ1v) is 14.8. The van der Waals surface area contributed by atoms with E-state index in [1.165, 1.54) is 0 Å². The normalized spacial score (nSPS) is 18.6. The van der Waals surface area contributed by atoms with Gasteiger partial charge in [0.1, 0.15) is 17.7 Å². The Morgan fingerprint density at radius 3 is 2.36 bits per heavy atom. The van der Waals surface area contributed by atoms with Crippen molar-refractivity contribution in [2.45, 2.75) is 76.9 Å². The van der Waals surface area contributed by atoms with Gasteiger partial charge in [-0.05, 0) is 70.7 Å². The Morgan fingerprint density at radius 2 is 1.79 bits per heavy atom. The minimum absolute atomic E-state index is 0.0265. The molecule has 1 saturated heterocycles. The van der Waals surface area contributed by atoms with Gasteiger partial charge in [-0.2, -0.15) is 0 Å². The second-order valence-corrected chi connectivity index (χ2v) is 12.4. The van der Waals surface area contributed by atoms with Gasteiger partial charge in [0, 0.05) is 55.9 Å². The van der Waals surface area contributed by atoms with Crippen molar-refractivity contribution in [1.29, 1.82) is 0 Å². The van der Waals surface area contributed by atoms with Crippen molar-refractivity contribution < 1.29 is 19.4 Å². The Bertz CT molecular complexity index is 1310. The van der Waals surface area contributed by atoms with Crippen LogP contribution in [0.25, 0.3) is 0 Å². The molecule has 1 aromatic heterocycles. The number of ether oxygens (including phenoxy) is 1. The van der Waals surface area contributed by atoms with Crippen LogP contribution >= 0.6 is 0 Å². The monoisotopic (exact) mass is 574 g/mol. The van der Waals surface area contributed by atoms with Crippen LogP contribution < -0.4 is 5.32 Å². The zero-order valence-corrected chi connectivity index (χ0v) is 25.0. The van der Waals surface area contributed by atoms with Gasteiger partial charge in [0.25, 0.3) is 5.91 Å². The molecule has 1 aromatic carbocycles. The van der Waals surface area contributed by atoms with Gasteiger partial charge >= 0.3 is 6.09 Å². The minimum Gasteiger partial charge on any atom is -0.444 e. The van der Waals surface area contributed by atoms with E-state index in [9.17, 15) is 14.7 Å². The minimum atomic E-state index is -0.756. The SMILES string of the molecule is CN(Cc1cccnc1)C(O)c1ccc(C2=NCC(C(=O)N(C3CC3)C3CCN(C(=O)OC(C)(C)C)CC3)=CN2)cc1. The third-order valence-corrected chi connectivity index (χ3v) is 7.80. The maximum absolute atomic E-state index is 13.6. The maximum atomic E-state index is 13.6. The summed E-state index contributed by atoms with van der Waals surface area (Å²) in [6, 6.07) is 11.9. The van der Waals surface area contributed by atoms with E-state index in [0.717, 1.165) is 42.4 Å². The van der Waals surface area contributed by atoms with Gasteiger partial charge in [0.05, 0.1) is 12.1 Å². The molecule has 2 aromatic rings. The second kappa shape index (κ2) is 12.6. The summed E-state index contributed by atoms with van der Waals surface area (Å²) in [5.74, 6) is 0.721. The molecular formula is C32H42N6O4. The van der Waals surface area contributed by atoms with Crippen LogP contribution in [0.2, 0.25) is 0 Å². The fourth-order valence-electron chi connectivity index (χ4n) is 5.45. The number of aliphatic imine (C=N–C) groups is 1. The first-order valence-electron chi connectivity index (χ1n) is 14.8. The molecule has 3 aliphatic rings. The highest BCUT2D eigenvalue weighted by atomic mass is 16.6. The summed E-state index contributed by atoms with van der Waals surface area (Å²) in [5, 5.41) is 14.0. The lowest BCUT2D eigenvalue weighted by Gasteiger charge is -2.39. The predicted molar refractivity (Wildman–Crippen MR) is 160 cm³/mol. The molecule has 2 aliphatic heterocycles. The van der Waals surface area contributed by atoms with Gasteiger partial charge in [0.15, 0.2) is 0 Å². The van der Waals surface area contributed by atoms with Gasteiger partial charge in [-0.3, -0.25) is 19.7 Å². The zero-order valence-electron chi connectivity index (χ0n) is 25.0. The van der Waals surface area contributed by atoms with E-state index < -0.39 is 11.8 Å². The number of rotatable bonds is 8. The average molecular weight is 575 g/mol. The molecule has 0 spiro atoms. The van der Waals surface area contributed by atoms with Crippen LogP contribution in [0.3, 0.4) is 0 Å². The molecule has 2 fully saturated rings. The molecule has 1 unspecified atom stereocenters. The molecule has 5 rings (SSSR count). The fourth-order valence-corrected chi connectivity index (χ4v) is 5.45. The Labute approximate surface area is 248 Å². The number of carbonyl (C=O) groups excluding carboxylic acids is 2. The van der Waals surface area contributed by atoms with Gasteiger partial charge < -0.3 is 25.0 Å². The summed E-state index contributed by atoms with van der Waals surface area (Å²) in [7, 11) is 1.87. The van der Waals surface area contributed by atoms with E-state index in [2.05, 4.69) is 15.3 Å². The molecule has 10 heteroatoms. The quantitative estimate of drug-likeness (QED) is 0.461. The lowest BCUT2D eigenvalue weighted by atomic mass is 10.0. The van der Waals surface area contributed by atoms with Crippen molar-refractivity contribution in [3.8, 4) is 0 Å². The number of nitrogens with zero attached hydrogens (tertiary/aromatic N) is 5. The number of pyridine rings is 1. The Hall–Kier alpha value is -3.76. The smallest absolute Gasteiger partial charge is 0.410 e. The molecule has 2 N–H and O–H groups in total. The molecule has 0 bridgehead atoms. The fraction of sp³-hybridized carbons (Fsp3) is 0.500. The van der Waals surface area contributed by atoms with Crippen molar-refractivity contribution in [3.05, 3.63) is 77.3 Å². The molecule has 1 saturated carbocycles. The number of aliphatic hydroxyl groups excluding tert-OH is 1. The molecule has 10 nitrogen and oxygen atoms in total. The van der Waals surface area contributed by atoms with Crippen molar-refractivity contribution in [1.82, 2.24) is 25.0 Å². The van der Waals surface area contributed by atoms with Crippen molar-refractivity contribution in [2.24, 2.45) is 4.99 Å². The number of nitrogens with one attached hydrogen (secondary N) is 1. The molecule has 1 atom stereocenters. The predicted octanol–water partition coefficient (Wildman–Crippen LogP) is 3.83. The topological polar surface area (TPSA) is 111 Å². The highest BCUT2D eigenvalue weighted by Crippen LogP contribution is 2.33. The molecule has 0 radical (unpaired) electrons. The van der Waals surface area contributed by atoms with Crippen molar-refractivity contribution in [3.63, 3.8) is 0 Å². The number of aromatic nitrogens is 1. The largest absolute Gasteiger partial charge is 0.444 e. The molecular weight excluding hydrogens is 532 g/mol. The number of hydrogen-bond acceptors (Lipinski definition) is 8. The van der Waals surface area contributed by atoms with E-state index in [4.69, 9.17) is 4.74 Å². The maximum Gasteiger partial charge on any atom is 0.410 e. The van der Waals surface area contributed by atoms with Gasteiger partial charge in [0.2, 0.25) is 0 Å². The van der Waals surface area contributed by atoms with Gasteiger partial charge in [-0.15, -0.1) is 0 Å². The Kier molecular flexibility index (Phi) is 8.93. The summed E-state index contributed by atoms with van der Waals surface area (Å²) in [4.78, 5) is 40.6. The van der Waals surface area contributed by atoms with Crippen LogP contribution in [0.5, 0.6) is 0 Å². The second-order valence-electron chi connectivity index (χ2n) is 12.4. The molecule has 1 aliphatic carbocycles. The highest BCUT2D eigenvalue weighted by Gasteiger charge is 2.40.